The van der Waals surface area contributed by atoms with Crippen LogP contribution >= 0.6 is 7.82 Å². The number of imidazole rings is 1. The molecule has 7 rings (SSSR count). The van der Waals surface area contributed by atoms with Crippen LogP contribution in [0.1, 0.15) is 12.6 Å². The number of amides is 1. The van der Waals surface area contributed by atoms with Gasteiger partial charge in [0.05, 0.1) is 31.9 Å². The van der Waals surface area contributed by atoms with Crippen LogP contribution in [0, 0.1) is 0 Å². The first kappa shape index (κ1) is 28.4. The van der Waals surface area contributed by atoms with Crippen molar-refractivity contribution in [2.75, 3.05) is 18.9 Å². The summed E-state index contributed by atoms with van der Waals surface area (Å²) in [5, 5.41) is 0. The molecule has 5 aliphatic heterocycles. The van der Waals surface area contributed by atoms with Gasteiger partial charge in [0, 0.05) is 6.42 Å². The van der Waals surface area contributed by atoms with E-state index in [9.17, 15) is 22.7 Å². The Balaban J connectivity index is 1.12. The first-order chi connectivity index (χ1) is 20.5. The largest absolute Gasteiger partial charge is 0.756 e. The molecule has 7 heterocycles. The van der Waals surface area contributed by atoms with Crippen LogP contribution in [-0.2, 0) is 42.4 Å². The maximum atomic E-state index is 15.8. The summed E-state index contributed by atoms with van der Waals surface area (Å²) < 4.78 is 85.1. The molecule has 0 radical (unpaired) electrons. The molecule has 0 aromatic carbocycles. The number of halogens is 1. The average molecular weight is 643 g/mol. The lowest BCUT2D eigenvalue weighted by molar-refractivity contribution is -0.235. The van der Waals surface area contributed by atoms with E-state index < -0.39 is 86.3 Å². The number of carbonyl (C=O) groups excluding carboxylic acids is 1. The molecule has 1 amide bonds. The number of rotatable bonds is 2. The average Bonchev–Trinajstić information content (AvgIpc) is 3.72. The Hall–Kier alpha value is -3.34. The zero-order valence-corrected chi connectivity index (χ0v) is 23.2. The van der Waals surface area contributed by atoms with E-state index in [1.165, 1.54) is 17.2 Å². The van der Waals surface area contributed by atoms with Crippen LogP contribution in [0.3, 0.4) is 0 Å². The minimum Gasteiger partial charge on any atom is -0.756 e. The summed E-state index contributed by atoms with van der Waals surface area (Å²) in [6.07, 6.45) is -4.71. The Bertz CT molecular complexity index is 1720. The number of phosphoric acid groups is 1. The molecule has 43 heavy (non-hydrogen) atoms. The summed E-state index contributed by atoms with van der Waals surface area (Å²) in [5.41, 5.74) is 6.42. The summed E-state index contributed by atoms with van der Waals surface area (Å²) in [5.74, 6) is -0.547. The molecule has 20 nitrogen and oxygen atoms in total. The van der Waals surface area contributed by atoms with Crippen molar-refractivity contribution in [3.8, 4) is 0 Å². The molecule has 5 aliphatic rings. The molecule has 0 bridgehead atoms. The van der Waals surface area contributed by atoms with E-state index in [2.05, 4.69) is 34.7 Å². The molecule has 2 unspecified atom stereocenters. The van der Waals surface area contributed by atoms with Crippen molar-refractivity contribution >= 4 is 59.5 Å². The number of aromatic nitrogens is 4. The summed E-state index contributed by atoms with van der Waals surface area (Å²) >= 11 is 0. The Morgan fingerprint density at radius 3 is 2.86 bits per heavy atom. The van der Waals surface area contributed by atoms with Crippen LogP contribution in [0.4, 0.5) is 10.2 Å². The predicted octanol–water partition coefficient (Wildman–Crippen LogP) is -2.46. The number of carbonyl (C=O) groups is 1. The van der Waals surface area contributed by atoms with Gasteiger partial charge in [0.15, 0.2) is 29.9 Å². The molecule has 0 aliphatic carbocycles. The van der Waals surface area contributed by atoms with E-state index in [1.54, 1.807) is 0 Å². The minimum absolute atomic E-state index is 0.0129. The number of phosphoric ester groups is 1. The van der Waals surface area contributed by atoms with Crippen molar-refractivity contribution < 1.29 is 49.8 Å². The number of aliphatic imine (C=N–C) groups is 3. The highest BCUT2D eigenvalue weighted by Crippen LogP contribution is 2.46. The smallest absolute Gasteiger partial charge is 0.336 e. The Morgan fingerprint density at radius 2 is 2.02 bits per heavy atom. The van der Waals surface area contributed by atoms with E-state index >= 15 is 4.39 Å². The van der Waals surface area contributed by atoms with Crippen LogP contribution < -0.4 is 15.3 Å². The van der Waals surface area contributed by atoms with E-state index in [1.807, 2.05) is 0 Å². The molecule has 9 atom stereocenters. The lowest BCUT2D eigenvalue weighted by atomic mass is 10.1. The molecule has 3 saturated heterocycles. The van der Waals surface area contributed by atoms with Crippen LogP contribution in [-0.4, -0.2) is 113 Å². The van der Waals surface area contributed by atoms with Gasteiger partial charge in [-0.05, 0) is 0 Å². The van der Waals surface area contributed by atoms with Crippen LogP contribution in [0.25, 0.3) is 11.2 Å². The zero-order chi connectivity index (χ0) is 30.1. The van der Waals surface area contributed by atoms with Gasteiger partial charge in [-0.2, -0.15) is 18.1 Å². The van der Waals surface area contributed by atoms with Gasteiger partial charge in [-0.3, -0.25) is 28.0 Å². The van der Waals surface area contributed by atoms with Crippen molar-refractivity contribution in [2.45, 2.75) is 55.4 Å². The Morgan fingerprint density at radius 1 is 1.19 bits per heavy atom. The number of ether oxygens (including phenoxy) is 2. The number of nitrogens with one attached hydrogen (secondary N) is 1. The number of nitrogens with two attached hydrogens (primary N) is 1. The number of nitrogens with zero attached hydrogens (tertiary/aromatic N) is 8. The second-order valence-corrected chi connectivity index (χ2v) is 12.6. The van der Waals surface area contributed by atoms with Gasteiger partial charge < -0.3 is 29.1 Å². The lowest BCUT2D eigenvalue weighted by Gasteiger charge is -2.31. The quantitative estimate of drug-likeness (QED) is 0.322. The van der Waals surface area contributed by atoms with Gasteiger partial charge >= 0.3 is 10.3 Å². The molecule has 23 heteroatoms. The third kappa shape index (κ3) is 5.13. The maximum absolute atomic E-state index is 15.8. The second-order valence-electron chi connectivity index (χ2n) is 9.88. The third-order valence-electron chi connectivity index (χ3n) is 7.26. The summed E-state index contributed by atoms with van der Waals surface area (Å²) in [6.45, 7) is -1.55. The van der Waals surface area contributed by atoms with E-state index in [0.717, 1.165) is 17.6 Å². The van der Waals surface area contributed by atoms with Crippen LogP contribution in [0.2, 0.25) is 0 Å². The van der Waals surface area contributed by atoms with Crippen LogP contribution in [0.15, 0.2) is 27.6 Å². The van der Waals surface area contributed by atoms with Gasteiger partial charge in [-0.15, -0.1) is 0 Å². The lowest BCUT2D eigenvalue weighted by Crippen LogP contribution is -2.47. The number of hydrogen-bond donors (Lipinski definition) is 2. The first-order valence-electron chi connectivity index (χ1n) is 12.6. The van der Waals surface area contributed by atoms with Gasteiger partial charge in [0.2, 0.25) is 0 Å². The minimum atomic E-state index is -5.25. The Kier molecular flexibility index (Phi) is 6.87. The fourth-order valence-corrected chi connectivity index (χ4v) is 7.23. The zero-order valence-electron chi connectivity index (χ0n) is 21.5. The van der Waals surface area contributed by atoms with E-state index in [-0.39, 0.29) is 23.6 Å². The molecule has 2 aromatic heterocycles. The SMILES string of the molecule is Nc1ncnc2c1ncn2[C@H]1C[C@@H]2NS(=O)(=O)OC[C@H]3O[C@@H](N4C=NC5C(=O)N=CN=C54)[C@H](F)[C@@H]3OP(=O)([O-])OC[C@H]2O1. The third-order valence-corrected chi connectivity index (χ3v) is 9.27. The highest BCUT2D eigenvalue weighted by Gasteiger charge is 2.53. The van der Waals surface area contributed by atoms with Crippen molar-refractivity contribution in [1.82, 2.24) is 29.1 Å². The molecule has 0 saturated carbocycles. The highest BCUT2D eigenvalue weighted by molar-refractivity contribution is 7.84. The summed E-state index contributed by atoms with van der Waals surface area (Å²) in [4.78, 5) is 49.5. The van der Waals surface area contributed by atoms with Gasteiger partial charge in [0.1, 0.15) is 48.6 Å². The van der Waals surface area contributed by atoms with Crippen molar-refractivity contribution in [2.24, 2.45) is 15.0 Å². The molecule has 3 N–H and O–H groups in total. The molecular formula is C20H21FN10O10PS-. The van der Waals surface area contributed by atoms with E-state index in [0.29, 0.717) is 5.65 Å². The number of alkyl halides is 1. The molecule has 0 spiro atoms. The van der Waals surface area contributed by atoms with Crippen molar-refractivity contribution in [3.05, 3.63) is 12.7 Å². The molecule has 3 fully saturated rings. The van der Waals surface area contributed by atoms with Crippen molar-refractivity contribution in [3.63, 3.8) is 0 Å². The number of nitrogen functional groups attached to an aromatic ring is 1. The van der Waals surface area contributed by atoms with Gasteiger partial charge in [0.25, 0.3) is 13.7 Å². The number of fused-ring (bicyclic) bond motifs is 4. The standard InChI is InChI=1S/C20H22FN10O10PS/c21-12-15-10(40-20(12)31-7-28-14-18(31)25-5-26-19(14)32)3-38-43(35,36)29-8-1-11(39-9(8)2-37-42(33,34)41-15)30-6-27-13-16(22)23-4-24-17(13)30/h4-12,14-15,20,29H,1-3H2,(H,33,34)(H2,22,23,24)/p-1/t8-,9+,10+,11+,12+,14?,15+,20+/m0/s1. The fourth-order valence-electron chi connectivity index (χ4n) is 5.29. The van der Waals surface area contributed by atoms with Gasteiger partial charge in [-0.25, -0.2) is 24.3 Å². The molecule has 230 valence electrons. The summed E-state index contributed by atoms with van der Waals surface area (Å²) in [6, 6.07) is -2.18. The van der Waals surface area contributed by atoms with Crippen LogP contribution in [0.5, 0.6) is 0 Å². The first-order valence-corrected chi connectivity index (χ1v) is 15.5. The Labute approximate surface area is 240 Å². The number of anilines is 1. The second kappa shape index (κ2) is 10.4. The maximum Gasteiger partial charge on any atom is 0.336 e. The monoisotopic (exact) mass is 643 g/mol. The number of hydrogen-bond acceptors (Lipinski definition) is 17. The normalized spacial score (nSPS) is 39.2. The topological polar surface area (TPSA) is 259 Å². The highest BCUT2D eigenvalue weighted by atomic mass is 32.2. The van der Waals surface area contributed by atoms with Gasteiger partial charge in [-0.1, -0.05) is 0 Å². The molecular weight excluding hydrogens is 622 g/mol. The van der Waals surface area contributed by atoms with E-state index in [4.69, 9.17) is 28.4 Å². The van der Waals surface area contributed by atoms with Crippen molar-refractivity contribution in [1.29, 1.82) is 0 Å². The predicted molar refractivity (Wildman–Crippen MR) is 137 cm³/mol. The number of amidine groups is 1. The fraction of sp³-hybridized carbons (Fsp3) is 0.550. The molecule has 2 aromatic rings. The summed E-state index contributed by atoms with van der Waals surface area (Å²) in [7, 11) is -9.79.